The van der Waals surface area contributed by atoms with E-state index in [4.69, 9.17) is 0 Å². The summed E-state index contributed by atoms with van der Waals surface area (Å²) in [6, 6.07) is 0. The second-order valence-electron chi connectivity index (χ2n) is 6.88. The number of allylic oxidation sites excluding steroid dienone is 1. The van der Waals surface area contributed by atoms with Crippen LogP contribution in [0.4, 0.5) is 0 Å². The number of fused-ring (bicyclic) bond motifs is 1. The van der Waals surface area contributed by atoms with E-state index in [1.807, 2.05) is 27.7 Å². The number of hydrogen-bond acceptors (Lipinski definition) is 3. The Labute approximate surface area is 110 Å². The van der Waals surface area contributed by atoms with Crippen molar-refractivity contribution in [2.45, 2.75) is 64.8 Å². The summed E-state index contributed by atoms with van der Waals surface area (Å²) >= 11 is 0. The Balaban J connectivity index is 2.46. The Kier molecular flexibility index (Phi) is 3.37. The van der Waals surface area contributed by atoms with Crippen LogP contribution in [0.5, 0.6) is 0 Å². The molecular weight excluding hydrogens is 228 g/mol. The Bertz CT molecular complexity index is 363. The standard InChI is InChI=1S/C15H26O3/c1-9(2)15(18)8-12(17)14(4)6-5-10(3)7-11(16)13(14)15/h5,9,11-13,16-18H,6-8H2,1-4H3. The molecular formula is C15H26O3. The van der Waals surface area contributed by atoms with Crippen LogP contribution in [0.1, 0.15) is 47.0 Å². The quantitative estimate of drug-likeness (QED) is 0.626. The van der Waals surface area contributed by atoms with Gasteiger partial charge in [0, 0.05) is 17.8 Å². The summed E-state index contributed by atoms with van der Waals surface area (Å²) in [5, 5.41) is 31.8. The van der Waals surface area contributed by atoms with E-state index >= 15 is 0 Å². The van der Waals surface area contributed by atoms with Gasteiger partial charge in [0.1, 0.15) is 0 Å². The average molecular weight is 254 g/mol. The molecule has 0 aromatic heterocycles. The highest BCUT2D eigenvalue weighted by Gasteiger charge is 2.62. The molecule has 0 aromatic rings. The molecule has 0 radical (unpaired) electrons. The van der Waals surface area contributed by atoms with Gasteiger partial charge in [-0.15, -0.1) is 0 Å². The maximum atomic E-state index is 10.9. The van der Waals surface area contributed by atoms with Crippen molar-refractivity contribution in [1.82, 2.24) is 0 Å². The van der Waals surface area contributed by atoms with Crippen molar-refractivity contribution < 1.29 is 15.3 Å². The van der Waals surface area contributed by atoms with Gasteiger partial charge in [0.05, 0.1) is 17.8 Å². The monoisotopic (exact) mass is 254 g/mol. The van der Waals surface area contributed by atoms with E-state index in [-0.39, 0.29) is 11.8 Å². The van der Waals surface area contributed by atoms with Gasteiger partial charge >= 0.3 is 0 Å². The van der Waals surface area contributed by atoms with E-state index in [1.54, 1.807) is 0 Å². The van der Waals surface area contributed by atoms with Gasteiger partial charge in [-0.25, -0.2) is 0 Å². The first-order valence-electron chi connectivity index (χ1n) is 6.96. The van der Waals surface area contributed by atoms with Crippen LogP contribution < -0.4 is 0 Å². The fourth-order valence-corrected chi connectivity index (χ4v) is 4.00. The smallest absolute Gasteiger partial charge is 0.0754 e. The van der Waals surface area contributed by atoms with Crippen LogP contribution in [-0.4, -0.2) is 33.1 Å². The number of hydrogen-bond donors (Lipinski definition) is 3. The molecule has 0 aliphatic heterocycles. The lowest BCUT2D eigenvalue weighted by Gasteiger charge is -2.42. The predicted molar refractivity (Wildman–Crippen MR) is 71.0 cm³/mol. The van der Waals surface area contributed by atoms with E-state index in [0.29, 0.717) is 12.8 Å². The van der Waals surface area contributed by atoms with E-state index in [9.17, 15) is 15.3 Å². The fraction of sp³-hybridized carbons (Fsp3) is 0.867. The minimum Gasteiger partial charge on any atom is -0.392 e. The minimum atomic E-state index is -0.966. The molecule has 1 saturated carbocycles. The number of rotatable bonds is 1. The molecule has 0 spiro atoms. The van der Waals surface area contributed by atoms with Gasteiger partial charge in [-0.1, -0.05) is 32.4 Å². The third-order valence-corrected chi connectivity index (χ3v) is 5.34. The van der Waals surface area contributed by atoms with Gasteiger partial charge in [0.25, 0.3) is 0 Å². The van der Waals surface area contributed by atoms with Gasteiger partial charge in [-0.2, -0.15) is 0 Å². The van der Waals surface area contributed by atoms with Gasteiger partial charge in [0.2, 0.25) is 0 Å². The molecule has 2 rings (SSSR count). The molecule has 2 aliphatic rings. The molecule has 1 fully saturated rings. The Morgan fingerprint density at radius 1 is 1.33 bits per heavy atom. The van der Waals surface area contributed by atoms with Crippen LogP contribution in [0.25, 0.3) is 0 Å². The molecule has 0 bridgehead atoms. The zero-order chi connectivity index (χ0) is 13.7. The molecule has 104 valence electrons. The highest BCUT2D eigenvalue weighted by atomic mass is 16.3. The van der Waals surface area contributed by atoms with Crippen LogP contribution in [0.2, 0.25) is 0 Å². The molecule has 2 aliphatic carbocycles. The molecule has 18 heavy (non-hydrogen) atoms. The highest BCUT2D eigenvalue weighted by Crippen LogP contribution is 2.57. The van der Waals surface area contributed by atoms with Crippen LogP contribution in [0, 0.1) is 17.3 Å². The van der Waals surface area contributed by atoms with Crippen molar-refractivity contribution in [2.75, 3.05) is 0 Å². The van der Waals surface area contributed by atoms with Crippen molar-refractivity contribution >= 4 is 0 Å². The first-order chi connectivity index (χ1) is 8.21. The Morgan fingerprint density at radius 3 is 2.50 bits per heavy atom. The lowest BCUT2D eigenvalue weighted by Crippen LogP contribution is -2.49. The summed E-state index contributed by atoms with van der Waals surface area (Å²) in [5.74, 6) is -0.222. The summed E-state index contributed by atoms with van der Waals surface area (Å²) in [5.41, 5.74) is -0.237. The van der Waals surface area contributed by atoms with E-state index in [0.717, 1.165) is 12.0 Å². The third kappa shape index (κ3) is 1.84. The van der Waals surface area contributed by atoms with E-state index in [2.05, 4.69) is 6.08 Å². The predicted octanol–water partition coefficient (Wildman–Crippen LogP) is 1.86. The second-order valence-corrected chi connectivity index (χ2v) is 6.88. The van der Waals surface area contributed by atoms with E-state index in [1.165, 1.54) is 0 Å². The maximum Gasteiger partial charge on any atom is 0.0754 e. The topological polar surface area (TPSA) is 60.7 Å². The van der Waals surface area contributed by atoms with Crippen molar-refractivity contribution in [3.8, 4) is 0 Å². The first kappa shape index (κ1) is 14.0. The summed E-state index contributed by atoms with van der Waals surface area (Å²) in [6.45, 7) is 7.95. The van der Waals surface area contributed by atoms with Crippen molar-refractivity contribution in [2.24, 2.45) is 17.3 Å². The summed E-state index contributed by atoms with van der Waals surface area (Å²) in [7, 11) is 0. The summed E-state index contributed by atoms with van der Waals surface area (Å²) < 4.78 is 0. The van der Waals surface area contributed by atoms with Gasteiger partial charge in [-0.05, 0) is 25.7 Å². The summed E-state index contributed by atoms with van der Waals surface area (Å²) in [4.78, 5) is 0. The van der Waals surface area contributed by atoms with Crippen molar-refractivity contribution in [3.05, 3.63) is 11.6 Å². The van der Waals surface area contributed by atoms with Crippen LogP contribution >= 0.6 is 0 Å². The molecule has 0 amide bonds. The average Bonchev–Trinajstić information content (AvgIpc) is 2.36. The van der Waals surface area contributed by atoms with Crippen LogP contribution in [0.15, 0.2) is 11.6 Å². The summed E-state index contributed by atoms with van der Waals surface area (Å²) in [6.07, 6.45) is 2.69. The first-order valence-corrected chi connectivity index (χ1v) is 6.96. The van der Waals surface area contributed by atoms with Crippen molar-refractivity contribution in [1.29, 1.82) is 0 Å². The molecule has 3 heteroatoms. The lowest BCUT2D eigenvalue weighted by molar-refractivity contribution is -0.109. The molecule has 0 saturated heterocycles. The highest BCUT2D eigenvalue weighted by molar-refractivity contribution is 5.18. The van der Waals surface area contributed by atoms with Crippen LogP contribution in [-0.2, 0) is 0 Å². The minimum absolute atomic E-state index is 0.0343. The van der Waals surface area contributed by atoms with E-state index < -0.39 is 23.2 Å². The van der Waals surface area contributed by atoms with Crippen LogP contribution in [0.3, 0.4) is 0 Å². The van der Waals surface area contributed by atoms with Gasteiger partial charge < -0.3 is 15.3 Å². The Hall–Kier alpha value is -0.380. The molecule has 5 unspecified atom stereocenters. The zero-order valence-electron chi connectivity index (χ0n) is 11.8. The SMILES string of the molecule is CC1=CCC2(C)C(O)CC(O)(C(C)C)C2C(O)C1. The molecule has 0 aromatic carbocycles. The second kappa shape index (κ2) is 4.32. The number of aliphatic hydroxyl groups is 3. The third-order valence-electron chi connectivity index (χ3n) is 5.34. The normalized spacial score (nSPS) is 48.9. The molecule has 3 N–H and O–H groups in total. The maximum absolute atomic E-state index is 10.9. The van der Waals surface area contributed by atoms with Crippen molar-refractivity contribution in [3.63, 3.8) is 0 Å². The fourth-order valence-electron chi connectivity index (χ4n) is 4.00. The van der Waals surface area contributed by atoms with Gasteiger partial charge in [-0.3, -0.25) is 0 Å². The molecule has 0 heterocycles. The Morgan fingerprint density at radius 2 is 1.94 bits per heavy atom. The van der Waals surface area contributed by atoms with Gasteiger partial charge in [0.15, 0.2) is 0 Å². The zero-order valence-corrected chi connectivity index (χ0v) is 11.8. The lowest BCUT2D eigenvalue weighted by atomic mass is 9.67. The largest absolute Gasteiger partial charge is 0.392 e. The molecule has 3 nitrogen and oxygen atoms in total. The number of aliphatic hydroxyl groups excluding tert-OH is 2. The molecule has 5 atom stereocenters.